The third-order valence-electron chi connectivity index (χ3n) is 3.51. The molecule has 0 aromatic heterocycles. The summed E-state index contributed by atoms with van der Waals surface area (Å²) in [6, 6.07) is 13.6. The molecular formula is C19H20N2O4. The van der Waals surface area contributed by atoms with E-state index in [1.165, 1.54) is 7.11 Å². The second kappa shape index (κ2) is 8.63. The number of aryl methyl sites for hydroxylation is 1. The summed E-state index contributed by atoms with van der Waals surface area (Å²) in [7, 11) is 1.31. The zero-order valence-corrected chi connectivity index (χ0v) is 14.2. The summed E-state index contributed by atoms with van der Waals surface area (Å²) in [5.74, 6) is -0.869. The lowest BCUT2D eigenvalue weighted by Gasteiger charge is -2.08. The monoisotopic (exact) mass is 340 g/mol. The molecular weight excluding hydrogens is 320 g/mol. The number of carbonyl (C=O) groups is 3. The fraction of sp³-hybridized carbons (Fsp3) is 0.211. The standard InChI is InChI=1S/C19H20N2O4/c1-13-4-3-5-15(12-13)18(23)20-11-10-17(22)21-16-8-6-14(7-9-16)19(24)25-2/h3-9,12H,10-11H2,1-2H3,(H,20,23)(H,21,22). The summed E-state index contributed by atoms with van der Waals surface area (Å²) in [5, 5.41) is 5.42. The Bertz CT molecular complexity index is 769. The van der Waals surface area contributed by atoms with Crippen LogP contribution in [0.15, 0.2) is 48.5 Å². The Balaban J connectivity index is 1.79. The van der Waals surface area contributed by atoms with Gasteiger partial charge in [0.15, 0.2) is 0 Å². The Labute approximate surface area is 146 Å². The van der Waals surface area contributed by atoms with Crippen LogP contribution < -0.4 is 10.6 Å². The van der Waals surface area contributed by atoms with E-state index in [9.17, 15) is 14.4 Å². The maximum Gasteiger partial charge on any atom is 0.337 e. The molecule has 0 spiro atoms. The Morgan fingerprint density at radius 1 is 1.00 bits per heavy atom. The van der Waals surface area contributed by atoms with Crippen LogP contribution in [0.4, 0.5) is 5.69 Å². The van der Waals surface area contributed by atoms with E-state index in [-0.39, 0.29) is 24.8 Å². The first-order chi connectivity index (χ1) is 12.0. The number of ether oxygens (including phenoxy) is 1. The molecule has 0 radical (unpaired) electrons. The van der Waals surface area contributed by atoms with Crippen molar-refractivity contribution in [2.45, 2.75) is 13.3 Å². The van der Waals surface area contributed by atoms with Gasteiger partial charge in [-0.25, -0.2) is 4.79 Å². The molecule has 2 aromatic rings. The topological polar surface area (TPSA) is 84.5 Å². The molecule has 0 unspecified atom stereocenters. The van der Waals surface area contributed by atoms with Crippen molar-refractivity contribution in [3.8, 4) is 0 Å². The quantitative estimate of drug-likeness (QED) is 0.792. The van der Waals surface area contributed by atoms with Gasteiger partial charge in [-0.2, -0.15) is 0 Å². The zero-order valence-electron chi connectivity index (χ0n) is 14.2. The Kier molecular flexibility index (Phi) is 6.28. The zero-order chi connectivity index (χ0) is 18.2. The van der Waals surface area contributed by atoms with Crippen LogP contribution in [0.3, 0.4) is 0 Å². The molecule has 2 amide bonds. The normalized spacial score (nSPS) is 10.0. The molecule has 0 heterocycles. The molecule has 0 aliphatic carbocycles. The van der Waals surface area contributed by atoms with Crippen molar-refractivity contribution in [2.75, 3.05) is 19.0 Å². The van der Waals surface area contributed by atoms with Gasteiger partial charge >= 0.3 is 5.97 Å². The van der Waals surface area contributed by atoms with Crippen LogP contribution >= 0.6 is 0 Å². The van der Waals surface area contributed by atoms with Crippen LogP contribution in [0.1, 0.15) is 32.7 Å². The highest BCUT2D eigenvalue weighted by Gasteiger charge is 2.08. The molecule has 6 heteroatoms. The van der Waals surface area contributed by atoms with E-state index in [0.717, 1.165) is 5.56 Å². The molecule has 0 bridgehead atoms. The lowest BCUT2D eigenvalue weighted by molar-refractivity contribution is -0.116. The van der Waals surface area contributed by atoms with Crippen LogP contribution in [0.5, 0.6) is 0 Å². The van der Waals surface area contributed by atoms with Crippen molar-refractivity contribution in [1.82, 2.24) is 5.32 Å². The van der Waals surface area contributed by atoms with E-state index in [0.29, 0.717) is 16.8 Å². The number of carbonyl (C=O) groups excluding carboxylic acids is 3. The third-order valence-corrected chi connectivity index (χ3v) is 3.51. The maximum absolute atomic E-state index is 12.0. The number of amides is 2. The first-order valence-corrected chi connectivity index (χ1v) is 7.82. The van der Waals surface area contributed by atoms with E-state index >= 15 is 0 Å². The SMILES string of the molecule is COC(=O)c1ccc(NC(=O)CCNC(=O)c2cccc(C)c2)cc1. The van der Waals surface area contributed by atoms with E-state index < -0.39 is 5.97 Å². The number of hydrogen-bond acceptors (Lipinski definition) is 4. The number of anilines is 1. The molecule has 130 valence electrons. The fourth-order valence-electron chi connectivity index (χ4n) is 2.21. The molecule has 25 heavy (non-hydrogen) atoms. The summed E-state index contributed by atoms with van der Waals surface area (Å²) in [5.41, 5.74) is 2.55. The Hall–Kier alpha value is -3.15. The van der Waals surface area contributed by atoms with Gasteiger partial charge in [-0.1, -0.05) is 17.7 Å². The van der Waals surface area contributed by atoms with Crippen LogP contribution in [0.2, 0.25) is 0 Å². The largest absolute Gasteiger partial charge is 0.465 e. The summed E-state index contributed by atoms with van der Waals surface area (Å²) in [6.45, 7) is 2.15. The van der Waals surface area contributed by atoms with Crippen molar-refractivity contribution in [2.24, 2.45) is 0 Å². The molecule has 2 aromatic carbocycles. The molecule has 0 aliphatic heterocycles. The average molecular weight is 340 g/mol. The van der Waals surface area contributed by atoms with Crippen LogP contribution in [-0.2, 0) is 9.53 Å². The smallest absolute Gasteiger partial charge is 0.337 e. The first-order valence-electron chi connectivity index (χ1n) is 7.82. The van der Waals surface area contributed by atoms with Crippen molar-refractivity contribution < 1.29 is 19.1 Å². The highest BCUT2D eigenvalue weighted by Crippen LogP contribution is 2.10. The van der Waals surface area contributed by atoms with Gasteiger partial charge in [0.2, 0.25) is 5.91 Å². The summed E-state index contributed by atoms with van der Waals surface area (Å²) < 4.78 is 4.61. The van der Waals surface area contributed by atoms with Crippen molar-refractivity contribution >= 4 is 23.5 Å². The highest BCUT2D eigenvalue weighted by atomic mass is 16.5. The Morgan fingerprint density at radius 3 is 2.36 bits per heavy atom. The molecule has 0 saturated heterocycles. The third kappa shape index (κ3) is 5.46. The second-order valence-electron chi connectivity index (χ2n) is 5.49. The second-order valence-corrected chi connectivity index (χ2v) is 5.49. The minimum absolute atomic E-state index is 0.149. The van der Waals surface area contributed by atoms with Gasteiger partial charge in [0.1, 0.15) is 0 Å². The van der Waals surface area contributed by atoms with E-state index in [2.05, 4.69) is 15.4 Å². The predicted octanol–water partition coefficient (Wildman–Crippen LogP) is 2.54. The van der Waals surface area contributed by atoms with Gasteiger partial charge in [0, 0.05) is 24.2 Å². The first kappa shape index (κ1) is 18.2. The van der Waals surface area contributed by atoms with Crippen LogP contribution in [0, 0.1) is 6.92 Å². The molecule has 0 saturated carbocycles. The minimum Gasteiger partial charge on any atom is -0.465 e. The number of hydrogen-bond donors (Lipinski definition) is 2. The van der Waals surface area contributed by atoms with Crippen molar-refractivity contribution in [3.05, 3.63) is 65.2 Å². The van der Waals surface area contributed by atoms with Gasteiger partial charge in [0.25, 0.3) is 5.91 Å². The Morgan fingerprint density at radius 2 is 1.72 bits per heavy atom. The van der Waals surface area contributed by atoms with E-state index in [4.69, 9.17) is 0 Å². The number of nitrogens with one attached hydrogen (secondary N) is 2. The number of methoxy groups -OCH3 is 1. The fourth-order valence-corrected chi connectivity index (χ4v) is 2.21. The minimum atomic E-state index is -0.434. The maximum atomic E-state index is 12.0. The van der Waals surface area contributed by atoms with E-state index in [1.54, 1.807) is 36.4 Å². The highest BCUT2D eigenvalue weighted by molar-refractivity contribution is 5.95. The van der Waals surface area contributed by atoms with Crippen molar-refractivity contribution in [1.29, 1.82) is 0 Å². The lowest BCUT2D eigenvalue weighted by Crippen LogP contribution is -2.27. The van der Waals surface area contributed by atoms with Crippen LogP contribution in [0.25, 0.3) is 0 Å². The molecule has 0 aliphatic rings. The van der Waals surface area contributed by atoms with Gasteiger partial charge in [-0.05, 0) is 43.3 Å². The molecule has 6 nitrogen and oxygen atoms in total. The van der Waals surface area contributed by atoms with Crippen molar-refractivity contribution in [3.63, 3.8) is 0 Å². The molecule has 2 rings (SSSR count). The predicted molar refractivity (Wildman–Crippen MR) is 94.5 cm³/mol. The summed E-state index contributed by atoms with van der Waals surface area (Å²) in [4.78, 5) is 35.2. The van der Waals surface area contributed by atoms with Crippen LogP contribution in [-0.4, -0.2) is 31.4 Å². The molecule has 0 atom stereocenters. The molecule has 0 fully saturated rings. The molecule has 2 N–H and O–H groups in total. The summed E-state index contributed by atoms with van der Waals surface area (Å²) in [6.07, 6.45) is 0.149. The number of benzene rings is 2. The van der Waals surface area contributed by atoms with Gasteiger partial charge in [0.05, 0.1) is 12.7 Å². The number of esters is 1. The van der Waals surface area contributed by atoms with E-state index in [1.807, 2.05) is 19.1 Å². The van der Waals surface area contributed by atoms with Gasteiger partial charge in [-0.3, -0.25) is 9.59 Å². The number of rotatable bonds is 6. The van der Waals surface area contributed by atoms with Gasteiger partial charge < -0.3 is 15.4 Å². The lowest BCUT2D eigenvalue weighted by atomic mass is 10.1. The van der Waals surface area contributed by atoms with Gasteiger partial charge in [-0.15, -0.1) is 0 Å². The summed E-state index contributed by atoms with van der Waals surface area (Å²) >= 11 is 0. The average Bonchev–Trinajstić information content (AvgIpc) is 2.61.